The summed E-state index contributed by atoms with van der Waals surface area (Å²) in [7, 11) is 1.02. The Labute approximate surface area is 253 Å². The minimum atomic E-state index is -4.83. The smallest absolute Gasteiger partial charge is 0.434 e. The van der Waals surface area contributed by atoms with Crippen LogP contribution in [-0.2, 0) is 20.8 Å². The van der Waals surface area contributed by atoms with E-state index in [0.29, 0.717) is 66.2 Å². The van der Waals surface area contributed by atoms with E-state index < -0.39 is 47.5 Å². The normalized spacial score (nSPS) is 26.6. The third kappa shape index (κ3) is 6.38. The lowest BCUT2D eigenvalue weighted by atomic mass is 9.66. The molecule has 10 nitrogen and oxygen atoms in total. The number of carbonyl (C=O) groups is 3. The molecule has 0 aromatic heterocycles. The Kier molecular flexibility index (Phi) is 9.46. The molecule has 0 radical (unpaired) electrons. The Morgan fingerprint density at radius 3 is 2.51 bits per heavy atom. The molecule has 5 N–H and O–H groups in total. The van der Waals surface area contributed by atoms with E-state index in [9.17, 15) is 32.7 Å². The zero-order valence-electron chi connectivity index (χ0n) is 24.5. The van der Waals surface area contributed by atoms with Gasteiger partial charge in [0.05, 0.1) is 23.1 Å². The Balaban J connectivity index is 1.77. The van der Waals surface area contributed by atoms with Crippen molar-refractivity contribution in [2.75, 3.05) is 33.3 Å². The highest BCUT2D eigenvalue weighted by atomic mass is 35.5. The van der Waals surface area contributed by atoms with Crippen LogP contribution in [0.3, 0.4) is 0 Å². The minimum absolute atomic E-state index is 0.0787. The van der Waals surface area contributed by atoms with Gasteiger partial charge >= 0.3 is 12.1 Å². The number of hydrogen-bond donors (Lipinski definition) is 3. The molecule has 2 aliphatic heterocycles. The second-order valence-corrected chi connectivity index (χ2v) is 12.4. The number of carboxylic acid groups (broad SMARTS) is 1. The van der Waals surface area contributed by atoms with Crippen LogP contribution < -0.4 is 16.3 Å². The quantitative estimate of drug-likeness (QED) is 0.291. The highest BCUT2D eigenvalue weighted by molar-refractivity contribution is 6.31. The fraction of sp³-hybridized carbons (Fsp3) is 0.621. The van der Waals surface area contributed by atoms with E-state index in [-0.39, 0.29) is 36.6 Å². The summed E-state index contributed by atoms with van der Waals surface area (Å²) in [6.45, 7) is 3.55. The lowest BCUT2D eigenvalue weighted by molar-refractivity contribution is -0.162. The SMILES string of the molecule is C[C@@H]1CCN(CC2c3c(OC/C(N)=C(/N(C)N)C(F)(F)F)ccc(Cl)c3CCN2C(=O)[C@@H]2CCCC[C@]2(C)C(=O)O)C1=O. The first-order chi connectivity index (χ1) is 20.1. The molecule has 43 heavy (non-hydrogen) atoms. The molecule has 1 aromatic rings. The zero-order chi connectivity index (χ0) is 31.9. The molecule has 2 heterocycles. The molecule has 238 valence electrons. The largest absolute Gasteiger partial charge is 0.487 e. The number of alkyl halides is 3. The number of nitrogens with zero attached hydrogens (tertiary/aromatic N) is 3. The van der Waals surface area contributed by atoms with Crippen LogP contribution in [-0.4, -0.2) is 77.2 Å². The number of fused-ring (bicyclic) bond motifs is 1. The van der Waals surface area contributed by atoms with Gasteiger partial charge < -0.3 is 30.4 Å². The monoisotopic (exact) mass is 629 g/mol. The van der Waals surface area contributed by atoms with Gasteiger partial charge in [-0.2, -0.15) is 13.2 Å². The lowest BCUT2D eigenvalue weighted by Gasteiger charge is -2.45. The maximum absolute atomic E-state index is 14.3. The number of hydrogen-bond acceptors (Lipinski definition) is 7. The summed E-state index contributed by atoms with van der Waals surface area (Å²) in [5, 5.41) is 10.9. The van der Waals surface area contributed by atoms with Gasteiger partial charge in [-0.05, 0) is 50.3 Å². The highest BCUT2D eigenvalue weighted by Crippen LogP contribution is 2.46. The summed E-state index contributed by atoms with van der Waals surface area (Å²) >= 11 is 6.60. The molecular weight excluding hydrogens is 591 g/mol. The van der Waals surface area contributed by atoms with E-state index in [1.54, 1.807) is 22.8 Å². The second kappa shape index (κ2) is 12.4. The Morgan fingerprint density at radius 1 is 1.23 bits per heavy atom. The second-order valence-electron chi connectivity index (χ2n) is 12.0. The summed E-state index contributed by atoms with van der Waals surface area (Å²) in [6.07, 6.45) is -1.72. The maximum Gasteiger partial charge on any atom is 0.434 e. The number of allylic oxidation sites excluding steroid dienone is 1. The van der Waals surface area contributed by atoms with Crippen molar-refractivity contribution >= 4 is 29.4 Å². The van der Waals surface area contributed by atoms with E-state index in [0.717, 1.165) is 7.05 Å². The van der Waals surface area contributed by atoms with Crippen molar-refractivity contribution in [1.29, 1.82) is 0 Å². The van der Waals surface area contributed by atoms with Crippen molar-refractivity contribution in [3.63, 3.8) is 0 Å². The molecule has 1 saturated heterocycles. The number of aliphatic carboxylic acids is 1. The number of amides is 2. The van der Waals surface area contributed by atoms with Gasteiger partial charge in [0.15, 0.2) is 5.70 Å². The van der Waals surface area contributed by atoms with E-state index in [4.69, 9.17) is 27.9 Å². The summed E-state index contributed by atoms with van der Waals surface area (Å²) in [5.41, 5.74) is 3.75. The van der Waals surface area contributed by atoms with Crippen LogP contribution in [0.2, 0.25) is 5.02 Å². The van der Waals surface area contributed by atoms with Gasteiger partial charge in [0, 0.05) is 43.2 Å². The van der Waals surface area contributed by atoms with Gasteiger partial charge in [-0.25, -0.2) is 5.84 Å². The zero-order valence-corrected chi connectivity index (χ0v) is 25.3. The van der Waals surface area contributed by atoms with Crippen molar-refractivity contribution in [3.05, 3.63) is 39.7 Å². The molecule has 4 rings (SSSR count). The van der Waals surface area contributed by atoms with E-state index >= 15 is 0 Å². The predicted octanol–water partition coefficient (Wildman–Crippen LogP) is 3.83. The molecule has 2 fully saturated rings. The molecule has 4 atom stereocenters. The van der Waals surface area contributed by atoms with Crippen molar-refractivity contribution in [2.24, 2.45) is 28.8 Å². The molecule has 1 aliphatic carbocycles. The molecule has 2 amide bonds. The predicted molar refractivity (Wildman–Crippen MR) is 152 cm³/mol. The minimum Gasteiger partial charge on any atom is -0.487 e. The van der Waals surface area contributed by atoms with Crippen LogP contribution in [0.1, 0.15) is 63.1 Å². The number of carboxylic acids is 1. The number of halogens is 4. The first kappa shape index (κ1) is 32.7. The number of rotatable bonds is 8. The average Bonchev–Trinajstić information content (AvgIpc) is 3.24. The van der Waals surface area contributed by atoms with Gasteiger partial charge in [0.25, 0.3) is 0 Å². The van der Waals surface area contributed by atoms with Crippen LogP contribution in [0.25, 0.3) is 0 Å². The molecule has 1 unspecified atom stereocenters. The number of likely N-dealkylation sites (tertiary alicyclic amines) is 1. The summed E-state index contributed by atoms with van der Waals surface area (Å²) in [4.78, 5) is 42.9. The van der Waals surface area contributed by atoms with E-state index in [2.05, 4.69) is 0 Å². The van der Waals surface area contributed by atoms with Gasteiger partial charge in [-0.1, -0.05) is 31.4 Å². The first-order valence-electron chi connectivity index (χ1n) is 14.4. The average molecular weight is 630 g/mol. The van der Waals surface area contributed by atoms with Crippen LogP contribution in [0, 0.1) is 17.3 Å². The Hall–Kier alpha value is -3.19. The molecule has 1 saturated carbocycles. The van der Waals surface area contributed by atoms with Gasteiger partial charge in [-0.3, -0.25) is 14.4 Å². The van der Waals surface area contributed by atoms with Crippen molar-refractivity contribution < 1.29 is 37.4 Å². The molecule has 3 aliphatic rings. The fourth-order valence-corrected chi connectivity index (χ4v) is 6.92. The highest BCUT2D eigenvalue weighted by Gasteiger charge is 2.50. The Bertz CT molecular complexity index is 1310. The van der Waals surface area contributed by atoms with Gasteiger partial charge in [-0.15, -0.1) is 0 Å². The molecule has 0 spiro atoms. The molecule has 14 heteroatoms. The Morgan fingerprint density at radius 2 is 1.93 bits per heavy atom. The van der Waals surface area contributed by atoms with Crippen molar-refractivity contribution in [2.45, 2.75) is 64.6 Å². The third-order valence-electron chi connectivity index (χ3n) is 9.12. The van der Waals surface area contributed by atoms with Crippen LogP contribution in [0.5, 0.6) is 5.75 Å². The lowest BCUT2D eigenvalue weighted by Crippen LogP contribution is -2.52. The van der Waals surface area contributed by atoms with Crippen LogP contribution in [0.15, 0.2) is 23.5 Å². The number of ether oxygens (including phenoxy) is 1. The summed E-state index contributed by atoms with van der Waals surface area (Å²) in [5.74, 6) is 3.13. The number of carbonyl (C=O) groups excluding carboxylic acids is 2. The number of nitrogens with two attached hydrogens (primary N) is 2. The van der Waals surface area contributed by atoms with E-state index in [1.165, 1.54) is 6.07 Å². The third-order valence-corrected chi connectivity index (χ3v) is 9.47. The number of benzene rings is 1. The maximum atomic E-state index is 14.3. The number of hydrazine groups is 1. The topological polar surface area (TPSA) is 142 Å². The fourth-order valence-electron chi connectivity index (χ4n) is 6.66. The van der Waals surface area contributed by atoms with Gasteiger partial charge in [0.1, 0.15) is 12.4 Å². The molecular formula is C29H39ClF3N5O5. The molecule has 1 aromatic carbocycles. The van der Waals surface area contributed by atoms with Crippen LogP contribution in [0.4, 0.5) is 13.2 Å². The van der Waals surface area contributed by atoms with Crippen LogP contribution >= 0.6 is 11.6 Å². The summed E-state index contributed by atoms with van der Waals surface area (Å²) in [6, 6.07) is 2.30. The summed E-state index contributed by atoms with van der Waals surface area (Å²) < 4.78 is 46.7. The molecule has 0 bridgehead atoms. The van der Waals surface area contributed by atoms with Gasteiger partial charge in [0.2, 0.25) is 11.8 Å². The van der Waals surface area contributed by atoms with Crippen molar-refractivity contribution in [1.82, 2.24) is 14.8 Å². The van der Waals surface area contributed by atoms with E-state index in [1.807, 2.05) is 6.92 Å². The first-order valence-corrected chi connectivity index (χ1v) is 14.8. The standard InChI is InChI=1S/C29H39ClF3N5O5/c1-16-9-12-37(25(16)39)14-21-23-17(10-13-38(21)26(40)18-6-4-5-11-28(18,2)27(41)42)19(30)7-8-22(23)43-15-20(34)24(36(3)35)29(31,32)33/h7-8,16,18,21H,4-6,9-15,34-35H2,1-3H3,(H,41,42)/b24-20-/t16-,18+,21?,28+/m1/s1. The van der Waals surface area contributed by atoms with Crippen molar-refractivity contribution in [3.8, 4) is 5.75 Å².